The Morgan fingerprint density at radius 2 is 2.05 bits per heavy atom. The predicted molar refractivity (Wildman–Crippen MR) is 73.0 cm³/mol. The SMILES string of the molecule is COc1ccc2c(c1)CNC2(C)C(=O)OC(C)(C)C. The van der Waals surface area contributed by atoms with Crippen molar-refractivity contribution in [1.82, 2.24) is 5.32 Å². The van der Waals surface area contributed by atoms with Crippen LogP contribution in [-0.2, 0) is 21.6 Å². The van der Waals surface area contributed by atoms with E-state index in [1.54, 1.807) is 7.11 Å². The number of fused-ring (bicyclic) bond motifs is 1. The molecule has 1 unspecified atom stereocenters. The summed E-state index contributed by atoms with van der Waals surface area (Å²) < 4.78 is 10.7. The standard InChI is InChI=1S/C15H21NO3/c1-14(2,3)19-13(17)15(4)12-7-6-11(18-5)8-10(12)9-16-15/h6-8,16H,9H2,1-5H3. The Hall–Kier alpha value is -1.55. The molecule has 0 amide bonds. The van der Waals surface area contributed by atoms with Crippen molar-refractivity contribution in [2.45, 2.75) is 45.4 Å². The molecule has 0 fully saturated rings. The second-order valence-corrected chi connectivity index (χ2v) is 6.00. The predicted octanol–water partition coefficient (Wildman–Crippen LogP) is 2.36. The lowest BCUT2D eigenvalue weighted by molar-refractivity contribution is -0.162. The fourth-order valence-corrected chi connectivity index (χ4v) is 2.26. The van der Waals surface area contributed by atoms with Crippen LogP contribution >= 0.6 is 0 Å². The van der Waals surface area contributed by atoms with E-state index in [1.165, 1.54) is 0 Å². The number of carbonyl (C=O) groups is 1. The topological polar surface area (TPSA) is 47.6 Å². The van der Waals surface area contributed by atoms with Crippen LogP contribution < -0.4 is 10.1 Å². The molecule has 1 atom stereocenters. The maximum atomic E-state index is 12.4. The summed E-state index contributed by atoms with van der Waals surface area (Å²) in [6.07, 6.45) is 0. The first-order valence-corrected chi connectivity index (χ1v) is 6.42. The molecule has 4 nitrogen and oxygen atoms in total. The van der Waals surface area contributed by atoms with Gasteiger partial charge in [-0.3, -0.25) is 5.32 Å². The minimum absolute atomic E-state index is 0.246. The molecule has 1 aromatic carbocycles. The van der Waals surface area contributed by atoms with Crippen molar-refractivity contribution in [3.05, 3.63) is 29.3 Å². The van der Waals surface area contributed by atoms with Crippen molar-refractivity contribution in [1.29, 1.82) is 0 Å². The molecule has 0 saturated carbocycles. The minimum Gasteiger partial charge on any atom is -0.497 e. The van der Waals surface area contributed by atoms with Gasteiger partial charge in [-0.05, 0) is 51.0 Å². The molecule has 0 saturated heterocycles. The average Bonchev–Trinajstić information content (AvgIpc) is 2.66. The largest absolute Gasteiger partial charge is 0.497 e. The Kier molecular flexibility index (Phi) is 3.31. The summed E-state index contributed by atoms with van der Waals surface area (Å²) in [5.74, 6) is 0.554. The highest BCUT2D eigenvalue weighted by Crippen LogP contribution is 2.35. The average molecular weight is 263 g/mol. The van der Waals surface area contributed by atoms with E-state index in [-0.39, 0.29) is 5.97 Å². The molecule has 0 aliphatic carbocycles. The monoisotopic (exact) mass is 263 g/mol. The fraction of sp³-hybridized carbons (Fsp3) is 0.533. The number of methoxy groups -OCH3 is 1. The Morgan fingerprint density at radius 3 is 2.63 bits per heavy atom. The van der Waals surface area contributed by atoms with E-state index in [9.17, 15) is 4.79 Å². The van der Waals surface area contributed by atoms with E-state index in [0.29, 0.717) is 6.54 Å². The third-order valence-corrected chi connectivity index (χ3v) is 3.29. The van der Waals surface area contributed by atoms with Crippen molar-refractivity contribution in [2.24, 2.45) is 0 Å². The number of benzene rings is 1. The van der Waals surface area contributed by atoms with Crippen molar-refractivity contribution < 1.29 is 14.3 Å². The molecule has 1 aliphatic heterocycles. The lowest BCUT2D eigenvalue weighted by atomic mass is 9.92. The second-order valence-electron chi connectivity index (χ2n) is 6.00. The van der Waals surface area contributed by atoms with Crippen LogP contribution in [0.4, 0.5) is 0 Å². The smallest absolute Gasteiger partial charge is 0.331 e. The summed E-state index contributed by atoms with van der Waals surface area (Å²) in [5, 5.41) is 3.24. The highest BCUT2D eigenvalue weighted by Gasteiger charge is 2.43. The van der Waals surface area contributed by atoms with Crippen LogP contribution in [-0.4, -0.2) is 18.7 Å². The maximum Gasteiger partial charge on any atom is 0.331 e. The quantitative estimate of drug-likeness (QED) is 0.832. The third kappa shape index (κ3) is 2.59. The molecule has 1 aromatic rings. The number of hydrogen-bond donors (Lipinski definition) is 1. The summed E-state index contributed by atoms with van der Waals surface area (Å²) in [5.41, 5.74) is 0.765. The Bertz CT molecular complexity index is 505. The first-order valence-electron chi connectivity index (χ1n) is 6.42. The van der Waals surface area contributed by atoms with Crippen LogP contribution in [0.25, 0.3) is 0 Å². The van der Waals surface area contributed by atoms with Gasteiger partial charge < -0.3 is 9.47 Å². The van der Waals surface area contributed by atoms with E-state index in [2.05, 4.69) is 5.32 Å². The lowest BCUT2D eigenvalue weighted by Crippen LogP contribution is -2.45. The van der Waals surface area contributed by atoms with Gasteiger partial charge in [0.1, 0.15) is 16.9 Å². The summed E-state index contributed by atoms with van der Waals surface area (Å²) in [6.45, 7) is 8.12. The van der Waals surface area contributed by atoms with E-state index >= 15 is 0 Å². The van der Waals surface area contributed by atoms with Gasteiger partial charge in [0, 0.05) is 6.54 Å². The van der Waals surface area contributed by atoms with Crippen LogP contribution in [0.5, 0.6) is 5.75 Å². The van der Waals surface area contributed by atoms with Gasteiger partial charge in [0.2, 0.25) is 0 Å². The highest BCUT2D eigenvalue weighted by atomic mass is 16.6. The zero-order valence-corrected chi connectivity index (χ0v) is 12.2. The van der Waals surface area contributed by atoms with Crippen molar-refractivity contribution in [3.8, 4) is 5.75 Å². The highest BCUT2D eigenvalue weighted by molar-refractivity contribution is 5.84. The van der Waals surface area contributed by atoms with Gasteiger partial charge in [0.25, 0.3) is 0 Å². The first kappa shape index (κ1) is 13.9. The third-order valence-electron chi connectivity index (χ3n) is 3.29. The molecule has 1 heterocycles. The number of nitrogens with one attached hydrogen (secondary N) is 1. The molecule has 1 aliphatic rings. The minimum atomic E-state index is -0.783. The lowest BCUT2D eigenvalue weighted by Gasteiger charge is -2.29. The molecule has 0 bridgehead atoms. The van der Waals surface area contributed by atoms with Crippen LogP contribution in [0, 0.1) is 0 Å². The molecule has 0 aromatic heterocycles. The van der Waals surface area contributed by atoms with Crippen LogP contribution in [0.2, 0.25) is 0 Å². The number of carbonyl (C=O) groups excluding carboxylic acids is 1. The molecule has 0 radical (unpaired) electrons. The van der Waals surface area contributed by atoms with Gasteiger partial charge in [-0.15, -0.1) is 0 Å². The Labute approximate surface area is 114 Å². The van der Waals surface area contributed by atoms with Crippen molar-refractivity contribution >= 4 is 5.97 Å². The van der Waals surface area contributed by atoms with Gasteiger partial charge >= 0.3 is 5.97 Å². The number of rotatable bonds is 2. The normalized spacial score (nSPS) is 21.9. The van der Waals surface area contributed by atoms with Crippen molar-refractivity contribution in [2.75, 3.05) is 7.11 Å². The summed E-state index contributed by atoms with van der Waals surface area (Å²) in [6, 6.07) is 5.75. The number of ether oxygens (including phenoxy) is 2. The van der Waals surface area contributed by atoms with E-state index < -0.39 is 11.1 Å². The van der Waals surface area contributed by atoms with E-state index in [1.807, 2.05) is 45.9 Å². The molecule has 104 valence electrons. The maximum absolute atomic E-state index is 12.4. The molecule has 1 N–H and O–H groups in total. The van der Waals surface area contributed by atoms with Gasteiger partial charge in [-0.1, -0.05) is 6.07 Å². The zero-order valence-electron chi connectivity index (χ0n) is 12.2. The Morgan fingerprint density at radius 1 is 1.37 bits per heavy atom. The second kappa shape index (κ2) is 4.53. The van der Waals surface area contributed by atoms with Crippen LogP contribution in [0.3, 0.4) is 0 Å². The van der Waals surface area contributed by atoms with Gasteiger partial charge in [-0.25, -0.2) is 4.79 Å². The molecular weight excluding hydrogens is 242 g/mol. The van der Waals surface area contributed by atoms with Gasteiger partial charge in [0.05, 0.1) is 7.11 Å². The van der Waals surface area contributed by atoms with E-state index in [4.69, 9.17) is 9.47 Å². The zero-order chi connectivity index (χ0) is 14.3. The summed E-state index contributed by atoms with van der Waals surface area (Å²) in [4.78, 5) is 12.4. The molecule has 4 heteroatoms. The molecule has 0 spiro atoms. The Balaban J connectivity index is 2.32. The van der Waals surface area contributed by atoms with Crippen molar-refractivity contribution in [3.63, 3.8) is 0 Å². The summed E-state index contributed by atoms with van der Waals surface area (Å²) in [7, 11) is 1.64. The fourth-order valence-electron chi connectivity index (χ4n) is 2.26. The number of hydrogen-bond acceptors (Lipinski definition) is 4. The number of esters is 1. The molecule has 2 rings (SSSR count). The molecular formula is C15H21NO3. The van der Waals surface area contributed by atoms with Gasteiger partial charge in [0.15, 0.2) is 0 Å². The van der Waals surface area contributed by atoms with E-state index in [0.717, 1.165) is 16.9 Å². The summed E-state index contributed by atoms with van der Waals surface area (Å²) >= 11 is 0. The van der Waals surface area contributed by atoms with Crippen LogP contribution in [0.1, 0.15) is 38.8 Å². The first-order chi connectivity index (χ1) is 8.76. The van der Waals surface area contributed by atoms with Gasteiger partial charge in [-0.2, -0.15) is 0 Å². The van der Waals surface area contributed by atoms with Crippen LogP contribution in [0.15, 0.2) is 18.2 Å². The molecule has 19 heavy (non-hydrogen) atoms.